The van der Waals surface area contributed by atoms with Crippen LogP contribution in [0.15, 0.2) is 52.0 Å². The van der Waals surface area contributed by atoms with E-state index in [1.54, 1.807) is 26.0 Å². The van der Waals surface area contributed by atoms with Crippen molar-refractivity contribution in [2.24, 2.45) is 0 Å². The van der Waals surface area contributed by atoms with E-state index >= 15 is 0 Å². The Morgan fingerprint density at radius 3 is 2.19 bits per heavy atom. The predicted octanol–water partition coefficient (Wildman–Crippen LogP) is 3.30. The van der Waals surface area contributed by atoms with E-state index in [0.29, 0.717) is 17.2 Å². The van der Waals surface area contributed by atoms with Crippen LogP contribution in [-0.2, 0) is 10.0 Å². The third kappa shape index (κ3) is 4.20. The van der Waals surface area contributed by atoms with Gasteiger partial charge in [-0.2, -0.15) is 0 Å². The van der Waals surface area contributed by atoms with Crippen molar-refractivity contribution >= 4 is 32.9 Å². The molecule has 0 aliphatic carbocycles. The standard InChI is InChI=1S/C18H21N5O3S/c1-12-18(13(2)26-21-12)27(24,25)22-15-7-10-17(19-11-15)20-14-5-8-16(9-6-14)23(3)4/h5-11,22H,1-4H3,(H,19,20). The lowest BCUT2D eigenvalue weighted by Crippen LogP contribution is -2.14. The van der Waals surface area contributed by atoms with Crippen LogP contribution >= 0.6 is 0 Å². The van der Waals surface area contributed by atoms with Crippen molar-refractivity contribution in [3.05, 3.63) is 54.0 Å². The van der Waals surface area contributed by atoms with Gasteiger partial charge in [-0.3, -0.25) is 4.72 Å². The number of hydrogen-bond donors (Lipinski definition) is 2. The molecule has 9 heteroatoms. The van der Waals surface area contributed by atoms with E-state index in [4.69, 9.17) is 4.52 Å². The second kappa shape index (κ2) is 7.28. The number of nitrogens with one attached hydrogen (secondary N) is 2. The molecule has 0 aliphatic heterocycles. The highest BCUT2D eigenvalue weighted by Gasteiger charge is 2.24. The number of aryl methyl sites for hydroxylation is 2. The molecule has 0 fully saturated rings. The van der Waals surface area contributed by atoms with Gasteiger partial charge in [0.05, 0.1) is 11.9 Å². The van der Waals surface area contributed by atoms with Crippen LogP contribution < -0.4 is 14.9 Å². The zero-order valence-electron chi connectivity index (χ0n) is 15.5. The Kier molecular flexibility index (Phi) is 5.04. The highest BCUT2D eigenvalue weighted by Crippen LogP contribution is 2.23. The maximum absolute atomic E-state index is 12.5. The smallest absolute Gasteiger partial charge is 0.267 e. The first-order valence-corrected chi connectivity index (χ1v) is 9.71. The summed E-state index contributed by atoms with van der Waals surface area (Å²) in [6.45, 7) is 3.14. The minimum Gasteiger partial charge on any atom is -0.378 e. The molecule has 2 aromatic heterocycles. The largest absolute Gasteiger partial charge is 0.378 e. The fourth-order valence-electron chi connectivity index (χ4n) is 2.58. The zero-order valence-corrected chi connectivity index (χ0v) is 16.3. The fourth-order valence-corrected chi connectivity index (χ4v) is 3.96. The molecule has 1 aromatic carbocycles. The topological polar surface area (TPSA) is 100 Å². The molecule has 8 nitrogen and oxygen atoms in total. The molecule has 142 valence electrons. The van der Waals surface area contributed by atoms with E-state index < -0.39 is 10.0 Å². The predicted molar refractivity (Wildman–Crippen MR) is 105 cm³/mol. The van der Waals surface area contributed by atoms with Crippen LogP contribution in [0.5, 0.6) is 0 Å². The molecule has 0 saturated heterocycles. The molecule has 0 radical (unpaired) electrons. The lowest BCUT2D eigenvalue weighted by molar-refractivity contribution is 0.390. The van der Waals surface area contributed by atoms with E-state index in [1.165, 1.54) is 6.20 Å². The van der Waals surface area contributed by atoms with Gasteiger partial charge in [-0.25, -0.2) is 13.4 Å². The van der Waals surface area contributed by atoms with E-state index in [2.05, 4.69) is 20.2 Å². The number of rotatable bonds is 6. The molecule has 0 spiro atoms. The summed E-state index contributed by atoms with van der Waals surface area (Å²) >= 11 is 0. The van der Waals surface area contributed by atoms with Crippen molar-refractivity contribution in [3.8, 4) is 0 Å². The van der Waals surface area contributed by atoms with Gasteiger partial charge < -0.3 is 14.7 Å². The lowest BCUT2D eigenvalue weighted by Gasteiger charge is -2.13. The number of benzene rings is 1. The summed E-state index contributed by atoms with van der Waals surface area (Å²) in [6, 6.07) is 11.2. The summed E-state index contributed by atoms with van der Waals surface area (Å²) in [6.07, 6.45) is 1.45. The average Bonchev–Trinajstić information content (AvgIpc) is 2.96. The fraction of sp³-hybridized carbons (Fsp3) is 0.222. The first-order valence-electron chi connectivity index (χ1n) is 8.22. The van der Waals surface area contributed by atoms with Crippen molar-refractivity contribution in [1.82, 2.24) is 10.1 Å². The van der Waals surface area contributed by atoms with Gasteiger partial charge in [0, 0.05) is 25.5 Å². The second-order valence-corrected chi connectivity index (χ2v) is 7.88. The molecule has 0 unspecified atom stereocenters. The number of aromatic nitrogens is 2. The van der Waals surface area contributed by atoms with Gasteiger partial charge in [-0.15, -0.1) is 0 Å². The summed E-state index contributed by atoms with van der Waals surface area (Å²) in [4.78, 5) is 6.32. The number of hydrogen-bond acceptors (Lipinski definition) is 7. The van der Waals surface area contributed by atoms with Crippen molar-refractivity contribution in [2.45, 2.75) is 18.7 Å². The Bertz CT molecular complexity index is 1010. The first-order chi connectivity index (χ1) is 12.8. The van der Waals surface area contributed by atoms with E-state index in [0.717, 1.165) is 11.4 Å². The maximum Gasteiger partial charge on any atom is 0.267 e. The van der Waals surface area contributed by atoms with E-state index in [-0.39, 0.29) is 10.7 Å². The third-order valence-electron chi connectivity index (χ3n) is 3.91. The third-order valence-corrected chi connectivity index (χ3v) is 5.53. The SMILES string of the molecule is Cc1noc(C)c1S(=O)(=O)Nc1ccc(Nc2ccc(N(C)C)cc2)nc1. The molecule has 0 aliphatic rings. The Labute approximate surface area is 158 Å². The van der Waals surface area contributed by atoms with Crippen molar-refractivity contribution in [3.63, 3.8) is 0 Å². The number of sulfonamides is 1. The van der Waals surface area contributed by atoms with Crippen molar-refractivity contribution in [2.75, 3.05) is 29.0 Å². The molecule has 0 saturated carbocycles. The molecule has 0 amide bonds. The Balaban J connectivity index is 1.72. The normalized spacial score (nSPS) is 11.3. The van der Waals surface area contributed by atoms with Gasteiger partial charge in [0.25, 0.3) is 10.0 Å². The molecular formula is C18H21N5O3S. The molecule has 3 aromatic rings. The molecule has 2 heterocycles. The zero-order chi connectivity index (χ0) is 19.6. The Morgan fingerprint density at radius 1 is 1.00 bits per heavy atom. The lowest BCUT2D eigenvalue weighted by atomic mass is 10.2. The van der Waals surface area contributed by atoms with E-state index in [9.17, 15) is 8.42 Å². The van der Waals surface area contributed by atoms with Crippen LogP contribution in [0.4, 0.5) is 22.9 Å². The quantitative estimate of drug-likeness (QED) is 0.669. The summed E-state index contributed by atoms with van der Waals surface area (Å²) in [5.41, 5.74) is 2.64. The van der Waals surface area contributed by atoms with Gasteiger partial charge in [0.1, 0.15) is 11.5 Å². The van der Waals surface area contributed by atoms with Crippen LogP contribution in [0.3, 0.4) is 0 Å². The Morgan fingerprint density at radius 2 is 1.67 bits per heavy atom. The van der Waals surface area contributed by atoms with Gasteiger partial charge in [-0.1, -0.05) is 5.16 Å². The molecule has 3 rings (SSSR count). The van der Waals surface area contributed by atoms with Crippen LogP contribution in [-0.4, -0.2) is 32.7 Å². The van der Waals surface area contributed by atoms with Gasteiger partial charge in [-0.05, 0) is 50.2 Å². The van der Waals surface area contributed by atoms with Gasteiger partial charge >= 0.3 is 0 Å². The minimum atomic E-state index is -3.79. The number of anilines is 4. The minimum absolute atomic E-state index is 0.0469. The monoisotopic (exact) mass is 387 g/mol. The van der Waals surface area contributed by atoms with Crippen LogP contribution in [0.25, 0.3) is 0 Å². The van der Waals surface area contributed by atoms with Crippen molar-refractivity contribution in [1.29, 1.82) is 0 Å². The number of pyridine rings is 1. The summed E-state index contributed by atoms with van der Waals surface area (Å²) in [5, 5.41) is 6.85. The van der Waals surface area contributed by atoms with Crippen LogP contribution in [0.1, 0.15) is 11.5 Å². The first kappa shape index (κ1) is 18.7. The van der Waals surface area contributed by atoms with Gasteiger partial charge in [0.15, 0.2) is 10.7 Å². The van der Waals surface area contributed by atoms with Gasteiger partial charge in [0.2, 0.25) is 0 Å². The molecule has 2 N–H and O–H groups in total. The molecular weight excluding hydrogens is 366 g/mol. The molecule has 27 heavy (non-hydrogen) atoms. The second-order valence-electron chi connectivity index (χ2n) is 6.26. The Hall–Kier alpha value is -3.07. The summed E-state index contributed by atoms with van der Waals surface area (Å²) in [5.74, 6) is 0.848. The summed E-state index contributed by atoms with van der Waals surface area (Å²) < 4.78 is 32.4. The highest BCUT2D eigenvalue weighted by atomic mass is 32.2. The summed E-state index contributed by atoms with van der Waals surface area (Å²) in [7, 11) is 0.170. The average molecular weight is 387 g/mol. The number of nitrogens with zero attached hydrogens (tertiary/aromatic N) is 3. The van der Waals surface area contributed by atoms with Crippen LogP contribution in [0, 0.1) is 13.8 Å². The molecule has 0 bridgehead atoms. The highest BCUT2D eigenvalue weighted by molar-refractivity contribution is 7.92. The van der Waals surface area contributed by atoms with E-state index in [1.807, 2.05) is 43.3 Å². The van der Waals surface area contributed by atoms with Crippen LogP contribution in [0.2, 0.25) is 0 Å². The maximum atomic E-state index is 12.5. The molecule has 0 atom stereocenters. The van der Waals surface area contributed by atoms with Crippen molar-refractivity contribution < 1.29 is 12.9 Å².